The van der Waals surface area contributed by atoms with Crippen molar-refractivity contribution in [2.45, 2.75) is 13.5 Å². The van der Waals surface area contributed by atoms with Crippen molar-refractivity contribution in [3.8, 4) is 0 Å². The standard InChI is InChI=1S/C14H17N3O2/c1-9-3-5-11(19-9)8-17(2)13-6-4-10(14(16)18)7-12(13)15/h3-7H,8,15H2,1-2H3,(H2,16,18). The zero-order valence-electron chi connectivity index (χ0n) is 11.0. The van der Waals surface area contributed by atoms with Crippen molar-refractivity contribution in [1.82, 2.24) is 0 Å². The highest BCUT2D eigenvalue weighted by Gasteiger charge is 2.10. The van der Waals surface area contributed by atoms with Gasteiger partial charge in [0.2, 0.25) is 5.91 Å². The molecule has 2 aromatic rings. The number of furan rings is 1. The smallest absolute Gasteiger partial charge is 0.248 e. The molecule has 0 unspecified atom stereocenters. The van der Waals surface area contributed by atoms with E-state index in [1.165, 1.54) is 0 Å². The molecule has 19 heavy (non-hydrogen) atoms. The zero-order valence-corrected chi connectivity index (χ0v) is 11.0. The van der Waals surface area contributed by atoms with Crippen LogP contribution in [0.4, 0.5) is 11.4 Å². The minimum absolute atomic E-state index is 0.406. The van der Waals surface area contributed by atoms with Gasteiger partial charge in [-0.15, -0.1) is 0 Å². The molecule has 1 amide bonds. The average Bonchev–Trinajstić information content (AvgIpc) is 2.74. The van der Waals surface area contributed by atoms with Gasteiger partial charge in [0.25, 0.3) is 0 Å². The van der Waals surface area contributed by atoms with Gasteiger partial charge in [-0.3, -0.25) is 4.79 Å². The fraction of sp³-hybridized carbons (Fsp3) is 0.214. The SMILES string of the molecule is Cc1ccc(CN(C)c2ccc(C(N)=O)cc2N)o1. The Morgan fingerprint density at radius 3 is 2.58 bits per heavy atom. The van der Waals surface area contributed by atoms with E-state index in [9.17, 15) is 4.79 Å². The van der Waals surface area contributed by atoms with Crippen molar-refractivity contribution in [1.29, 1.82) is 0 Å². The molecule has 2 rings (SSSR count). The summed E-state index contributed by atoms with van der Waals surface area (Å²) in [6, 6.07) is 8.88. The molecule has 1 aromatic heterocycles. The first-order chi connectivity index (χ1) is 8.97. The van der Waals surface area contributed by atoms with Crippen LogP contribution in [0.3, 0.4) is 0 Å². The maximum Gasteiger partial charge on any atom is 0.248 e. The second-order valence-corrected chi connectivity index (χ2v) is 4.51. The van der Waals surface area contributed by atoms with Gasteiger partial charge < -0.3 is 20.8 Å². The third kappa shape index (κ3) is 2.88. The molecule has 0 spiro atoms. The highest BCUT2D eigenvalue weighted by Crippen LogP contribution is 2.25. The summed E-state index contributed by atoms with van der Waals surface area (Å²) in [5.41, 5.74) is 12.9. The Kier molecular flexibility index (Phi) is 3.46. The van der Waals surface area contributed by atoms with Crippen molar-refractivity contribution in [2.75, 3.05) is 17.7 Å². The van der Waals surface area contributed by atoms with Crippen molar-refractivity contribution in [3.63, 3.8) is 0 Å². The predicted molar refractivity (Wildman–Crippen MR) is 74.9 cm³/mol. The van der Waals surface area contributed by atoms with E-state index in [4.69, 9.17) is 15.9 Å². The number of carbonyl (C=O) groups is 1. The first-order valence-corrected chi connectivity index (χ1v) is 5.93. The summed E-state index contributed by atoms with van der Waals surface area (Å²) in [5.74, 6) is 1.25. The van der Waals surface area contributed by atoms with E-state index in [2.05, 4.69) is 0 Å². The Morgan fingerprint density at radius 1 is 1.32 bits per heavy atom. The minimum atomic E-state index is -0.484. The van der Waals surface area contributed by atoms with Gasteiger partial charge in [-0.2, -0.15) is 0 Å². The van der Waals surface area contributed by atoms with Crippen LogP contribution in [-0.4, -0.2) is 13.0 Å². The summed E-state index contributed by atoms with van der Waals surface area (Å²) < 4.78 is 5.52. The molecule has 0 atom stereocenters. The van der Waals surface area contributed by atoms with Gasteiger partial charge in [0, 0.05) is 12.6 Å². The average molecular weight is 259 g/mol. The summed E-state index contributed by atoms with van der Waals surface area (Å²) in [6.45, 7) is 2.51. The number of nitrogens with two attached hydrogens (primary N) is 2. The molecule has 1 aromatic carbocycles. The molecule has 5 nitrogen and oxygen atoms in total. The third-order valence-electron chi connectivity index (χ3n) is 2.91. The molecular formula is C14H17N3O2. The second kappa shape index (κ2) is 5.06. The molecule has 5 heteroatoms. The zero-order chi connectivity index (χ0) is 14.0. The van der Waals surface area contributed by atoms with Crippen LogP contribution >= 0.6 is 0 Å². The lowest BCUT2D eigenvalue weighted by Gasteiger charge is -2.20. The molecular weight excluding hydrogens is 242 g/mol. The first kappa shape index (κ1) is 13.0. The van der Waals surface area contributed by atoms with Gasteiger partial charge >= 0.3 is 0 Å². The van der Waals surface area contributed by atoms with Crippen molar-refractivity contribution in [3.05, 3.63) is 47.4 Å². The lowest BCUT2D eigenvalue weighted by Crippen LogP contribution is -2.18. The van der Waals surface area contributed by atoms with Crippen LogP contribution in [0, 0.1) is 6.92 Å². The Labute approximate surface area is 111 Å². The van der Waals surface area contributed by atoms with E-state index in [0.29, 0.717) is 17.8 Å². The lowest BCUT2D eigenvalue weighted by atomic mass is 10.1. The van der Waals surface area contributed by atoms with Gasteiger partial charge in [0.05, 0.1) is 17.9 Å². The molecule has 0 bridgehead atoms. The maximum absolute atomic E-state index is 11.1. The molecule has 0 saturated carbocycles. The minimum Gasteiger partial charge on any atom is -0.464 e. The van der Waals surface area contributed by atoms with Gasteiger partial charge in [-0.05, 0) is 37.3 Å². The summed E-state index contributed by atoms with van der Waals surface area (Å²) in [5, 5.41) is 0. The number of rotatable bonds is 4. The Hall–Kier alpha value is -2.43. The number of anilines is 2. The van der Waals surface area contributed by atoms with Crippen LogP contribution < -0.4 is 16.4 Å². The number of hydrogen-bond donors (Lipinski definition) is 2. The molecule has 0 aliphatic heterocycles. The lowest BCUT2D eigenvalue weighted by molar-refractivity contribution is 0.100. The van der Waals surface area contributed by atoms with Gasteiger partial charge in [0.1, 0.15) is 11.5 Å². The predicted octanol–water partition coefficient (Wildman–Crippen LogP) is 1.91. The number of amides is 1. The van der Waals surface area contributed by atoms with Crippen LogP contribution in [0.2, 0.25) is 0 Å². The quantitative estimate of drug-likeness (QED) is 0.821. The monoisotopic (exact) mass is 259 g/mol. The van der Waals surface area contributed by atoms with Crippen LogP contribution in [-0.2, 0) is 6.54 Å². The number of hydrogen-bond acceptors (Lipinski definition) is 4. The second-order valence-electron chi connectivity index (χ2n) is 4.51. The van der Waals surface area contributed by atoms with E-state index >= 15 is 0 Å². The van der Waals surface area contributed by atoms with Crippen LogP contribution in [0.5, 0.6) is 0 Å². The number of nitrogen functional groups attached to an aromatic ring is 1. The number of nitrogens with zero attached hydrogens (tertiary/aromatic N) is 1. The fourth-order valence-corrected chi connectivity index (χ4v) is 1.94. The number of primary amides is 1. The first-order valence-electron chi connectivity index (χ1n) is 5.93. The largest absolute Gasteiger partial charge is 0.464 e. The van der Waals surface area contributed by atoms with E-state index in [-0.39, 0.29) is 0 Å². The Balaban J connectivity index is 2.19. The van der Waals surface area contributed by atoms with Crippen molar-refractivity contribution < 1.29 is 9.21 Å². The normalized spacial score (nSPS) is 10.4. The van der Waals surface area contributed by atoms with E-state index < -0.39 is 5.91 Å². The molecule has 0 aliphatic rings. The molecule has 0 aliphatic carbocycles. The topological polar surface area (TPSA) is 85.5 Å². The van der Waals surface area contributed by atoms with Crippen LogP contribution in [0.25, 0.3) is 0 Å². The van der Waals surface area contributed by atoms with E-state index in [1.807, 2.05) is 31.0 Å². The van der Waals surface area contributed by atoms with E-state index in [0.717, 1.165) is 17.2 Å². The number of aryl methyl sites for hydroxylation is 1. The van der Waals surface area contributed by atoms with Crippen LogP contribution in [0.15, 0.2) is 34.7 Å². The van der Waals surface area contributed by atoms with Gasteiger partial charge in [0.15, 0.2) is 0 Å². The molecule has 4 N–H and O–H groups in total. The van der Waals surface area contributed by atoms with E-state index in [1.54, 1.807) is 18.2 Å². The maximum atomic E-state index is 11.1. The number of benzene rings is 1. The summed E-state index contributed by atoms with van der Waals surface area (Å²) in [7, 11) is 1.91. The molecule has 1 heterocycles. The van der Waals surface area contributed by atoms with Gasteiger partial charge in [-0.1, -0.05) is 0 Å². The summed E-state index contributed by atoms with van der Waals surface area (Å²) >= 11 is 0. The van der Waals surface area contributed by atoms with Crippen molar-refractivity contribution >= 4 is 17.3 Å². The molecule has 0 saturated heterocycles. The van der Waals surface area contributed by atoms with Crippen LogP contribution in [0.1, 0.15) is 21.9 Å². The highest BCUT2D eigenvalue weighted by molar-refractivity contribution is 5.94. The Bertz CT molecular complexity index is 604. The summed E-state index contributed by atoms with van der Waals surface area (Å²) in [6.07, 6.45) is 0. The molecule has 100 valence electrons. The fourth-order valence-electron chi connectivity index (χ4n) is 1.94. The third-order valence-corrected chi connectivity index (χ3v) is 2.91. The van der Waals surface area contributed by atoms with Gasteiger partial charge in [-0.25, -0.2) is 0 Å². The molecule has 0 radical (unpaired) electrons. The molecule has 0 fully saturated rings. The van der Waals surface area contributed by atoms with Crippen molar-refractivity contribution in [2.24, 2.45) is 5.73 Å². The highest BCUT2D eigenvalue weighted by atomic mass is 16.3. The summed E-state index contributed by atoms with van der Waals surface area (Å²) in [4.78, 5) is 13.0. The Morgan fingerprint density at radius 2 is 2.05 bits per heavy atom. The number of carbonyl (C=O) groups excluding carboxylic acids is 1.